The molecule has 0 spiro atoms. The Bertz CT molecular complexity index is 417. The molecule has 0 bridgehead atoms. The maximum atomic E-state index is 5.81. The zero-order chi connectivity index (χ0) is 13.1. The van der Waals surface area contributed by atoms with Gasteiger partial charge in [0.05, 0.1) is 6.10 Å². The number of benzene rings is 1. The largest absolute Gasteiger partial charge is 0.377 e. The third-order valence-corrected chi connectivity index (χ3v) is 4.80. The summed E-state index contributed by atoms with van der Waals surface area (Å²) in [6.45, 7) is 3.29. The Morgan fingerprint density at radius 3 is 2.95 bits per heavy atom. The maximum absolute atomic E-state index is 5.81. The van der Waals surface area contributed by atoms with Crippen molar-refractivity contribution in [3.05, 3.63) is 34.3 Å². The molecule has 2 nitrogen and oxygen atoms in total. The second-order valence-electron chi connectivity index (χ2n) is 5.70. The Morgan fingerprint density at radius 2 is 2.16 bits per heavy atom. The average Bonchev–Trinajstić information content (AvgIpc) is 2.92. The van der Waals surface area contributed by atoms with Gasteiger partial charge in [-0.1, -0.05) is 34.5 Å². The van der Waals surface area contributed by atoms with Crippen LogP contribution in [0.25, 0.3) is 0 Å². The third kappa shape index (κ3) is 3.39. The summed E-state index contributed by atoms with van der Waals surface area (Å²) in [5, 5.41) is 0. The van der Waals surface area contributed by atoms with Crippen LogP contribution in [-0.2, 0) is 4.74 Å². The Hall–Kier alpha value is -0.380. The number of ether oxygens (including phenoxy) is 1. The molecule has 0 N–H and O–H groups in total. The van der Waals surface area contributed by atoms with Gasteiger partial charge in [0.1, 0.15) is 0 Å². The molecule has 0 radical (unpaired) electrons. The number of nitrogens with zero attached hydrogens (tertiary/aromatic N) is 1. The average molecular weight is 324 g/mol. The zero-order valence-electron chi connectivity index (χ0n) is 11.4. The van der Waals surface area contributed by atoms with Gasteiger partial charge in [0, 0.05) is 23.7 Å². The number of halogens is 1. The molecule has 0 amide bonds. The van der Waals surface area contributed by atoms with Crippen LogP contribution < -0.4 is 0 Å². The molecular formula is C16H22BrNO. The molecule has 2 unspecified atom stereocenters. The van der Waals surface area contributed by atoms with Crippen LogP contribution in [-0.4, -0.2) is 30.7 Å². The molecular weight excluding hydrogens is 302 g/mol. The molecule has 3 rings (SSSR count). The molecule has 1 aromatic rings. The summed E-state index contributed by atoms with van der Waals surface area (Å²) < 4.78 is 7.00. The lowest BCUT2D eigenvalue weighted by Crippen LogP contribution is -2.38. The molecule has 0 saturated carbocycles. The monoisotopic (exact) mass is 323 g/mol. The highest BCUT2D eigenvalue weighted by molar-refractivity contribution is 9.10. The normalized spacial score (nSPS) is 28.7. The van der Waals surface area contributed by atoms with E-state index in [2.05, 4.69) is 45.1 Å². The fourth-order valence-corrected chi connectivity index (χ4v) is 3.77. The maximum Gasteiger partial charge on any atom is 0.0703 e. The number of likely N-dealkylation sites (tertiary alicyclic amines) is 1. The summed E-state index contributed by atoms with van der Waals surface area (Å²) in [5.41, 5.74) is 1.45. The van der Waals surface area contributed by atoms with E-state index in [4.69, 9.17) is 4.74 Å². The summed E-state index contributed by atoms with van der Waals surface area (Å²) in [6.07, 6.45) is 6.90. The van der Waals surface area contributed by atoms with Crippen molar-refractivity contribution in [2.45, 2.75) is 44.2 Å². The van der Waals surface area contributed by atoms with E-state index in [-0.39, 0.29) is 0 Å². The fourth-order valence-electron chi connectivity index (χ4n) is 3.35. The molecule has 3 heteroatoms. The van der Waals surface area contributed by atoms with Crippen LogP contribution in [0.1, 0.15) is 43.7 Å². The van der Waals surface area contributed by atoms with E-state index in [1.54, 1.807) is 0 Å². The van der Waals surface area contributed by atoms with Crippen LogP contribution in [0.5, 0.6) is 0 Å². The minimum Gasteiger partial charge on any atom is -0.377 e. The van der Waals surface area contributed by atoms with Crippen molar-refractivity contribution >= 4 is 15.9 Å². The van der Waals surface area contributed by atoms with Crippen molar-refractivity contribution in [1.82, 2.24) is 4.90 Å². The molecule has 2 saturated heterocycles. The quantitative estimate of drug-likeness (QED) is 0.828. The molecule has 104 valence electrons. The topological polar surface area (TPSA) is 12.5 Å². The van der Waals surface area contributed by atoms with E-state index in [1.165, 1.54) is 48.7 Å². The van der Waals surface area contributed by atoms with E-state index >= 15 is 0 Å². The lowest BCUT2D eigenvalue weighted by atomic mass is 9.95. The van der Waals surface area contributed by atoms with Crippen LogP contribution in [0.15, 0.2) is 28.7 Å². The van der Waals surface area contributed by atoms with E-state index < -0.39 is 0 Å². The van der Waals surface area contributed by atoms with Gasteiger partial charge < -0.3 is 4.74 Å². The first-order valence-electron chi connectivity index (χ1n) is 7.44. The summed E-state index contributed by atoms with van der Waals surface area (Å²) in [5.74, 6) is 0. The highest BCUT2D eigenvalue weighted by Crippen LogP contribution is 2.33. The van der Waals surface area contributed by atoms with Gasteiger partial charge in [-0.2, -0.15) is 0 Å². The number of hydrogen-bond donors (Lipinski definition) is 0. The molecule has 2 aliphatic heterocycles. The summed E-state index contributed by atoms with van der Waals surface area (Å²) >= 11 is 3.59. The first kappa shape index (κ1) is 13.6. The van der Waals surface area contributed by atoms with Crippen LogP contribution >= 0.6 is 15.9 Å². The van der Waals surface area contributed by atoms with E-state index in [0.29, 0.717) is 12.1 Å². The fraction of sp³-hybridized carbons (Fsp3) is 0.625. The lowest BCUT2D eigenvalue weighted by Gasteiger charge is -2.37. The van der Waals surface area contributed by atoms with Crippen LogP contribution in [0.2, 0.25) is 0 Å². The predicted octanol–water partition coefficient (Wildman–Crippen LogP) is 4.16. The van der Waals surface area contributed by atoms with E-state index in [1.807, 2.05) is 0 Å². The summed E-state index contributed by atoms with van der Waals surface area (Å²) in [6, 6.07) is 9.38. The van der Waals surface area contributed by atoms with Crippen molar-refractivity contribution in [3.63, 3.8) is 0 Å². The van der Waals surface area contributed by atoms with Crippen molar-refractivity contribution in [3.8, 4) is 0 Å². The van der Waals surface area contributed by atoms with Crippen molar-refractivity contribution in [1.29, 1.82) is 0 Å². The smallest absolute Gasteiger partial charge is 0.0703 e. The Kier molecular flexibility index (Phi) is 4.57. The number of piperidine rings is 1. The van der Waals surface area contributed by atoms with E-state index in [9.17, 15) is 0 Å². The first-order chi connectivity index (χ1) is 9.33. The minimum atomic E-state index is 0.466. The number of rotatable bonds is 3. The lowest BCUT2D eigenvalue weighted by molar-refractivity contribution is 0.0439. The first-order valence-corrected chi connectivity index (χ1v) is 8.23. The molecule has 2 heterocycles. The highest BCUT2D eigenvalue weighted by atomic mass is 79.9. The molecule has 19 heavy (non-hydrogen) atoms. The van der Waals surface area contributed by atoms with Gasteiger partial charge >= 0.3 is 0 Å². The van der Waals surface area contributed by atoms with Gasteiger partial charge in [-0.15, -0.1) is 0 Å². The molecule has 2 aliphatic rings. The molecule has 2 fully saturated rings. The van der Waals surface area contributed by atoms with E-state index in [0.717, 1.165) is 13.2 Å². The zero-order valence-corrected chi connectivity index (χ0v) is 12.9. The van der Waals surface area contributed by atoms with Crippen LogP contribution in [0.3, 0.4) is 0 Å². The number of hydrogen-bond acceptors (Lipinski definition) is 2. The Morgan fingerprint density at radius 1 is 1.21 bits per heavy atom. The molecule has 2 atom stereocenters. The van der Waals surface area contributed by atoms with Gasteiger partial charge in [0.15, 0.2) is 0 Å². The standard InChI is InChI=1S/C16H22BrNO/c17-14-6-3-5-13(11-14)16-8-1-2-9-18(16)12-15-7-4-10-19-15/h3,5-6,11,15-16H,1-2,4,7-10,12H2. The molecule has 0 aliphatic carbocycles. The second kappa shape index (κ2) is 6.38. The van der Waals surface area contributed by atoms with Gasteiger partial charge in [-0.05, 0) is 49.9 Å². The third-order valence-electron chi connectivity index (χ3n) is 4.31. The van der Waals surface area contributed by atoms with Crippen molar-refractivity contribution in [2.75, 3.05) is 19.7 Å². The molecule has 1 aromatic carbocycles. The minimum absolute atomic E-state index is 0.466. The van der Waals surface area contributed by atoms with Crippen molar-refractivity contribution in [2.24, 2.45) is 0 Å². The Labute approximate surface area is 124 Å². The second-order valence-corrected chi connectivity index (χ2v) is 6.61. The molecule has 0 aromatic heterocycles. The van der Waals surface area contributed by atoms with Crippen LogP contribution in [0.4, 0.5) is 0 Å². The van der Waals surface area contributed by atoms with Gasteiger partial charge in [0.2, 0.25) is 0 Å². The van der Waals surface area contributed by atoms with Gasteiger partial charge in [-0.25, -0.2) is 0 Å². The predicted molar refractivity (Wildman–Crippen MR) is 81.3 cm³/mol. The van der Waals surface area contributed by atoms with Gasteiger partial charge in [0.25, 0.3) is 0 Å². The highest BCUT2D eigenvalue weighted by Gasteiger charge is 2.27. The SMILES string of the molecule is Brc1cccc(C2CCCCN2CC2CCCO2)c1. The summed E-state index contributed by atoms with van der Waals surface area (Å²) in [4.78, 5) is 2.64. The Balaban J connectivity index is 1.72. The van der Waals surface area contributed by atoms with Gasteiger partial charge in [-0.3, -0.25) is 4.90 Å². The van der Waals surface area contributed by atoms with Crippen LogP contribution in [0, 0.1) is 0 Å². The summed E-state index contributed by atoms with van der Waals surface area (Å²) in [7, 11) is 0. The van der Waals surface area contributed by atoms with Crippen molar-refractivity contribution < 1.29 is 4.74 Å².